The van der Waals surface area contributed by atoms with E-state index < -0.39 is 0 Å². The minimum absolute atomic E-state index is 0.163. The number of aromatic nitrogens is 3. The summed E-state index contributed by atoms with van der Waals surface area (Å²) in [5.74, 6) is 0. The van der Waals surface area contributed by atoms with Gasteiger partial charge in [0.1, 0.15) is 0 Å². The van der Waals surface area contributed by atoms with Crippen LogP contribution in [0.3, 0.4) is 0 Å². The first-order valence-corrected chi connectivity index (χ1v) is 7.26. The number of nitrogens with one attached hydrogen (secondary N) is 3. The molecule has 1 aromatic carbocycles. The summed E-state index contributed by atoms with van der Waals surface area (Å²) in [6.07, 6.45) is 2.10. The number of imidazole rings is 1. The summed E-state index contributed by atoms with van der Waals surface area (Å²) in [4.78, 5) is 16.9. The quantitative estimate of drug-likeness (QED) is 0.674. The Morgan fingerprint density at radius 2 is 2.05 bits per heavy atom. The molecule has 3 aromatic rings. The van der Waals surface area contributed by atoms with Gasteiger partial charge in [-0.2, -0.15) is 0 Å². The number of rotatable bonds is 5. The number of hydrogen-bond donors (Lipinski definition) is 3. The van der Waals surface area contributed by atoms with Crippen LogP contribution in [0.1, 0.15) is 31.1 Å². The van der Waals surface area contributed by atoms with Crippen LogP contribution in [0.4, 0.5) is 0 Å². The number of hydrogen-bond acceptors (Lipinski definition) is 2. The third-order valence-corrected chi connectivity index (χ3v) is 3.89. The first kappa shape index (κ1) is 13.7. The van der Waals surface area contributed by atoms with Crippen molar-refractivity contribution < 1.29 is 0 Å². The van der Waals surface area contributed by atoms with E-state index in [2.05, 4.69) is 52.0 Å². The molecular formula is C16H20N4O. The molecule has 1 unspecified atom stereocenters. The Balaban J connectivity index is 1.74. The van der Waals surface area contributed by atoms with Gasteiger partial charge in [-0.3, -0.25) is 0 Å². The van der Waals surface area contributed by atoms with Gasteiger partial charge in [0, 0.05) is 31.0 Å². The van der Waals surface area contributed by atoms with Crippen molar-refractivity contribution in [3.8, 4) is 0 Å². The summed E-state index contributed by atoms with van der Waals surface area (Å²) >= 11 is 0. The highest BCUT2D eigenvalue weighted by Gasteiger charge is 2.08. The molecule has 0 bridgehead atoms. The number of aryl methyl sites for hydroxylation is 1. The molecule has 21 heavy (non-hydrogen) atoms. The van der Waals surface area contributed by atoms with E-state index in [1.807, 2.05) is 18.2 Å². The lowest BCUT2D eigenvalue weighted by Crippen LogP contribution is -2.19. The van der Waals surface area contributed by atoms with E-state index in [0.717, 1.165) is 29.7 Å². The molecule has 0 amide bonds. The molecule has 5 nitrogen and oxygen atoms in total. The molecule has 0 saturated heterocycles. The molecule has 0 radical (unpaired) electrons. The minimum Gasteiger partial charge on any atom is -0.351 e. The summed E-state index contributed by atoms with van der Waals surface area (Å²) in [5.41, 5.74) is 3.97. The van der Waals surface area contributed by atoms with Crippen molar-refractivity contribution >= 4 is 11.0 Å². The molecule has 0 saturated carbocycles. The Labute approximate surface area is 123 Å². The normalized spacial score (nSPS) is 12.9. The molecule has 2 aromatic heterocycles. The molecule has 0 aliphatic rings. The lowest BCUT2D eigenvalue weighted by molar-refractivity contribution is 0.550. The van der Waals surface area contributed by atoms with E-state index in [9.17, 15) is 4.79 Å². The monoisotopic (exact) mass is 284 g/mol. The lowest BCUT2D eigenvalue weighted by Gasteiger charge is -2.15. The van der Waals surface area contributed by atoms with Gasteiger partial charge in [-0.05, 0) is 43.7 Å². The van der Waals surface area contributed by atoms with Gasteiger partial charge in [0.2, 0.25) is 0 Å². The van der Waals surface area contributed by atoms with Crippen molar-refractivity contribution in [2.75, 3.05) is 0 Å². The average Bonchev–Trinajstić information content (AvgIpc) is 3.08. The molecule has 0 spiro atoms. The van der Waals surface area contributed by atoms with E-state index in [-0.39, 0.29) is 11.7 Å². The van der Waals surface area contributed by atoms with E-state index in [0.29, 0.717) is 0 Å². The Morgan fingerprint density at radius 3 is 2.86 bits per heavy atom. The maximum absolute atomic E-state index is 11.3. The van der Waals surface area contributed by atoms with Crippen LogP contribution < -0.4 is 11.0 Å². The van der Waals surface area contributed by atoms with Crippen molar-refractivity contribution in [3.05, 3.63) is 58.3 Å². The van der Waals surface area contributed by atoms with Crippen LogP contribution in [-0.2, 0) is 13.1 Å². The average molecular weight is 284 g/mol. The Morgan fingerprint density at radius 1 is 1.24 bits per heavy atom. The fourth-order valence-electron chi connectivity index (χ4n) is 2.61. The van der Waals surface area contributed by atoms with Gasteiger partial charge < -0.3 is 19.9 Å². The standard InChI is InChI=1S/C16H20N4O/c1-3-20-8-4-5-13(20)10-17-11(2)12-6-7-14-15(9-12)19-16(21)18-14/h4-9,11,17H,3,10H2,1-2H3,(H2,18,19,21). The molecule has 2 heterocycles. The number of nitrogens with zero attached hydrogens (tertiary/aromatic N) is 1. The van der Waals surface area contributed by atoms with Gasteiger partial charge in [0.25, 0.3) is 0 Å². The van der Waals surface area contributed by atoms with Gasteiger partial charge in [-0.15, -0.1) is 0 Å². The zero-order valence-electron chi connectivity index (χ0n) is 12.3. The molecule has 0 aliphatic heterocycles. The predicted octanol–water partition coefficient (Wildman–Crippen LogP) is 2.53. The number of aromatic amines is 2. The zero-order valence-corrected chi connectivity index (χ0v) is 12.3. The summed E-state index contributed by atoms with van der Waals surface area (Å²) in [6, 6.07) is 10.4. The molecule has 5 heteroatoms. The third kappa shape index (κ3) is 2.78. The van der Waals surface area contributed by atoms with E-state index in [1.165, 1.54) is 5.69 Å². The molecule has 1 atom stereocenters. The molecule has 0 fully saturated rings. The van der Waals surface area contributed by atoms with Crippen LogP contribution in [0.25, 0.3) is 11.0 Å². The van der Waals surface area contributed by atoms with Gasteiger partial charge in [-0.25, -0.2) is 4.79 Å². The second-order valence-electron chi connectivity index (χ2n) is 5.27. The highest BCUT2D eigenvalue weighted by molar-refractivity contribution is 5.75. The largest absolute Gasteiger partial charge is 0.351 e. The van der Waals surface area contributed by atoms with Crippen molar-refractivity contribution in [2.24, 2.45) is 0 Å². The fourth-order valence-corrected chi connectivity index (χ4v) is 2.61. The van der Waals surface area contributed by atoms with Gasteiger partial charge in [0.05, 0.1) is 11.0 Å². The predicted molar refractivity (Wildman–Crippen MR) is 84.3 cm³/mol. The summed E-state index contributed by atoms with van der Waals surface area (Å²) in [7, 11) is 0. The SMILES string of the molecule is CCn1cccc1CNC(C)c1ccc2[nH]c(=O)[nH]c2c1. The minimum atomic E-state index is -0.163. The summed E-state index contributed by atoms with van der Waals surface area (Å²) in [6.45, 7) is 6.08. The van der Waals surface area contributed by atoms with Crippen molar-refractivity contribution in [1.82, 2.24) is 19.9 Å². The first-order valence-electron chi connectivity index (χ1n) is 7.26. The first-order chi connectivity index (χ1) is 10.2. The van der Waals surface area contributed by atoms with Crippen LogP contribution in [0.15, 0.2) is 41.3 Å². The topological polar surface area (TPSA) is 65.6 Å². The van der Waals surface area contributed by atoms with Gasteiger partial charge >= 0.3 is 5.69 Å². The van der Waals surface area contributed by atoms with E-state index in [1.54, 1.807) is 0 Å². The Hall–Kier alpha value is -2.27. The van der Waals surface area contributed by atoms with E-state index >= 15 is 0 Å². The maximum Gasteiger partial charge on any atom is 0.323 e. The highest BCUT2D eigenvalue weighted by Crippen LogP contribution is 2.17. The van der Waals surface area contributed by atoms with Gasteiger partial charge in [0.15, 0.2) is 0 Å². The Kier molecular flexibility index (Phi) is 3.66. The smallest absolute Gasteiger partial charge is 0.323 e. The van der Waals surface area contributed by atoms with Crippen molar-refractivity contribution in [1.29, 1.82) is 0 Å². The van der Waals surface area contributed by atoms with Crippen molar-refractivity contribution in [2.45, 2.75) is 33.0 Å². The van der Waals surface area contributed by atoms with Crippen LogP contribution >= 0.6 is 0 Å². The van der Waals surface area contributed by atoms with Crippen LogP contribution in [0.2, 0.25) is 0 Å². The summed E-state index contributed by atoms with van der Waals surface area (Å²) in [5, 5.41) is 3.52. The number of H-pyrrole nitrogens is 2. The second kappa shape index (κ2) is 5.61. The molecule has 3 N–H and O–H groups in total. The fraction of sp³-hybridized carbons (Fsp3) is 0.312. The summed E-state index contributed by atoms with van der Waals surface area (Å²) < 4.78 is 2.23. The van der Waals surface area contributed by atoms with Gasteiger partial charge in [-0.1, -0.05) is 6.07 Å². The highest BCUT2D eigenvalue weighted by atomic mass is 16.1. The van der Waals surface area contributed by atoms with E-state index in [4.69, 9.17) is 0 Å². The molecule has 3 rings (SSSR count). The van der Waals surface area contributed by atoms with Crippen LogP contribution in [0.5, 0.6) is 0 Å². The molecule has 0 aliphatic carbocycles. The van der Waals surface area contributed by atoms with Crippen molar-refractivity contribution in [3.63, 3.8) is 0 Å². The third-order valence-electron chi connectivity index (χ3n) is 3.89. The zero-order chi connectivity index (χ0) is 14.8. The maximum atomic E-state index is 11.3. The second-order valence-corrected chi connectivity index (χ2v) is 5.27. The lowest BCUT2D eigenvalue weighted by atomic mass is 10.1. The van der Waals surface area contributed by atoms with Crippen LogP contribution in [-0.4, -0.2) is 14.5 Å². The molecular weight excluding hydrogens is 264 g/mol. The Bertz CT molecular complexity index is 796. The van der Waals surface area contributed by atoms with Crippen LogP contribution in [0, 0.1) is 0 Å². The number of benzene rings is 1. The molecule has 110 valence electrons. The number of fused-ring (bicyclic) bond motifs is 1.